The third-order valence-corrected chi connectivity index (χ3v) is 9.66. The number of aliphatic carboxylic acids is 1. The van der Waals surface area contributed by atoms with Gasteiger partial charge in [-0.15, -0.1) is 0 Å². The predicted octanol–water partition coefficient (Wildman–Crippen LogP) is 10.4. The molecular weight excluding hydrogens is 697 g/mol. The minimum Gasteiger partial charge on any atom is -0.480 e. The van der Waals surface area contributed by atoms with Crippen molar-refractivity contribution >= 4 is 25.7 Å². The Morgan fingerprint density at radius 1 is 0.604 bits per heavy atom. The van der Waals surface area contributed by atoms with Gasteiger partial charge in [0.05, 0.1) is 13.2 Å². The first kappa shape index (κ1) is 50.7. The Hall–Kier alpha value is -2.30. The standard InChI is InChI=1S/C41H74NO10P/c1-3-5-7-9-11-13-15-17-18-19-21-22-24-26-28-30-32-39(43)49-34-37(35-50-53(47,48)51-36-38(42)41(45)46)52-40(44)33-31-29-27-25-23-20-16-14-12-10-8-6-4-2/h6,8,10,12,14,16,37-38H,3-5,7,9,11,13,15,17-36,42H2,1-2H3,(H,45,46)(H,47,48)/b8-6+,12-10+,16-14+/t37?,38-/m0/s1. The van der Waals surface area contributed by atoms with Gasteiger partial charge < -0.3 is 25.2 Å². The van der Waals surface area contributed by atoms with Crippen LogP contribution in [0.4, 0.5) is 0 Å². The van der Waals surface area contributed by atoms with Crippen molar-refractivity contribution in [1.29, 1.82) is 0 Å². The average Bonchev–Trinajstić information content (AvgIpc) is 3.13. The molecule has 0 spiro atoms. The van der Waals surface area contributed by atoms with Crippen molar-refractivity contribution in [1.82, 2.24) is 0 Å². The molecule has 0 rings (SSSR count). The Kier molecular flexibility index (Phi) is 35.1. The van der Waals surface area contributed by atoms with Crippen LogP contribution in [0.15, 0.2) is 36.5 Å². The number of hydrogen-bond acceptors (Lipinski definition) is 9. The van der Waals surface area contributed by atoms with Crippen molar-refractivity contribution in [3.8, 4) is 0 Å². The highest BCUT2D eigenvalue weighted by Crippen LogP contribution is 2.43. The Bertz CT molecular complexity index is 1050. The molecule has 0 bridgehead atoms. The first-order valence-electron chi connectivity index (χ1n) is 20.5. The van der Waals surface area contributed by atoms with Gasteiger partial charge in [-0.2, -0.15) is 0 Å². The summed E-state index contributed by atoms with van der Waals surface area (Å²) < 4.78 is 32.6. The summed E-state index contributed by atoms with van der Waals surface area (Å²) in [5.41, 5.74) is 5.32. The maximum absolute atomic E-state index is 12.6. The van der Waals surface area contributed by atoms with Crippen LogP contribution in [0.5, 0.6) is 0 Å². The van der Waals surface area contributed by atoms with Crippen LogP contribution in [0, 0.1) is 0 Å². The van der Waals surface area contributed by atoms with E-state index >= 15 is 0 Å². The van der Waals surface area contributed by atoms with Crippen molar-refractivity contribution in [2.24, 2.45) is 5.73 Å². The van der Waals surface area contributed by atoms with Crippen molar-refractivity contribution < 1.29 is 47.5 Å². The van der Waals surface area contributed by atoms with Crippen molar-refractivity contribution in [2.75, 3.05) is 19.8 Å². The maximum atomic E-state index is 12.6. The van der Waals surface area contributed by atoms with Crippen LogP contribution in [0.25, 0.3) is 0 Å². The molecule has 0 aromatic carbocycles. The number of ether oxygens (including phenoxy) is 2. The second kappa shape index (κ2) is 36.7. The third-order valence-electron chi connectivity index (χ3n) is 8.71. The fourth-order valence-electron chi connectivity index (χ4n) is 5.48. The second-order valence-electron chi connectivity index (χ2n) is 13.8. The highest BCUT2D eigenvalue weighted by atomic mass is 31.2. The van der Waals surface area contributed by atoms with Gasteiger partial charge in [-0.05, 0) is 32.1 Å². The minimum absolute atomic E-state index is 0.139. The van der Waals surface area contributed by atoms with Gasteiger partial charge in [0.25, 0.3) is 0 Å². The summed E-state index contributed by atoms with van der Waals surface area (Å²) in [5, 5.41) is 8.87. The number of carboxylic acids is 1. The third kappa shape index (κ3) is 36.4. The summed E-state index contributed by atoms with van der Waals surface area (Å²) in [5.74, 6) is -2.40. The average molecular weight is 772 g/mol. The van der Waals surface area contributed by atoms with Crippen LogP contribution in [-0.2, 0) is 37.5 Å². The van der Waals surface area contributed by atoms with Gasteiger partial charge in [0.1, 0.15) is 12.6 Å². The smallest absolute Gasteiger partial charge is 0.472 e. The topological polar surface area (TPSA) is 172 Å². The van der Waals surface area contributed by atoms with E-state index in [1.54, 1.807) is 0 Å². The molecule has 0 aliphatic carbocycles. The number of unbranched alkanes of at least 4 members (excludes halogenated alkanes) is 20. The van der Waals surface area contributed by atoms with Gasteiger partial charge >= 0.3 is 25.7 Å². The molecule has 12 heteroatoms. The van der Waals surface area contributed by atoms with Gasteiger partial charge in [-0.25, -0.2) is 4.57 Å². The molecular formula is C41H74NO10P. The van der Waals surface area contributed by atoms with E-state index < -0.39 is 51.1 Å². The monoisotopic (exact) mass is 772 g/mol. The number of nitrogens with two attached hydrogens (primary N) is 1. The largest absolute Gasteiger partial charge is 0.480 e. The molecule has 0 aromatic rings. The zero-order valence-corrected chi connectivity index (χ0v) is 34.0. The lowest BCUT2D eigenvalue weighted by molar-refractivity contribution is -0.161. The van der Waals surface area contributed by atoms with E-state index in [9.17, 15) is 23.8 Å². The summed E-state index contributed by atoms with van der Waals surface area (Å²) in [4.78, 5) is 45.8. The fourth-order valence-corrected chi connectivity index (χ4v) is 6.25. The van der Waals surface area contributed by atoms with Crippen LogP contribution in [0.1, 0.15) is 174 Å². The lowest BCUT2D eigenvalue weighted by Gasteiger charge is -2.20. The predicted molar refractivity (Wildman–Crippen MR) is 212 cm³/mol. The molecule has 2 unspecified atom stereocenters. The van der Waals surface area contributed by atoms with Crippen LogP contribution in [-0.4, -0.2) is 59.9 Å². The van der Waals surface area contributed by atoms with Gasteiger partial charge in [0, 0.05) is 12.8 Å². The number of carbonyl (C=O) groups is 3. The van der Waals surface area contributed by atoms with Crippen molar-refractivity contribution in [3.05, 3.63) is 36.5 Å². The van der Waals surface area contributed by atoms with E-state index in [-0.39, 0.29) is 19.4 Å². The number of phosphoric acid groups is 1. The molecule has 11 nitrogen and oxygen atoms in total. The normalized spacial score (nSPS) is 14.2. The molecule has 3 atom stereocenters. The highest BCUT2D eigenvalue weighted by Gasteiger charge is 2.28. The molecule has 0 fully saturated rings. The molecule has 53 heavy (non-hydrogen) atoms. The van der Waals surface area contributed by atoms with E-state index in [1.165, 1.54) is 77.0 Å². The molecule has 308 valence electrons. The summed E-state index contributed by atoms with van der Waals surface area (Å²) in [6.45, 7) is 2.65. The highest BCUT2D eigenvalue weighted by molar-refractivity contribution is 7.47. The molecule has 4 N–H and O–H groups in total. The van der Waals surface area contributed by atoms with Crippen molar-refractivity contribution in [2.45, 2.75) is 187 Å². The Morgan fingerprint density at radius 3 is 1.57 bits per heavy atom. The Morgan fingerprint density at radius 2 is 1.06 bits per heavy atom. The summed E-state index contributed by atoms with van der Waals surface area (Å²) >= 11 is 0. The van der Waals surface area contributed by atoms with Crippen LogP contribution >= 0.6 is 7.82 Å². The van der Waals surface area contributed by atoms with Crippen molar-refractivity contribution in [3.63, 3.8) is 0 Å². The first-order chi connectivity index (χ1) is 25.6. The number of phosphoric ester groups is 1. The number of carbonyl (C=O) groups excluding carboxylic acids is 2. The van der Waals surface area contributed by atoms with Gasteiger partial charge in [-0.1, -0.05) is 166 Å². The minimum atomic E-state index is -4.72. The molecule has 0 aromatic heterocycles. The van der Waals surface area contributed by atoms with E-state index in [0.717, 1.165) is 57.8 Å². The maximum Gasteiger partial charge on any atom is 0.472 e. The number of allylic oxidation sites excluding steroid dienone is 6. The Balaban J connectivity index is 4.39. The van der Waals surface area contributed by atoms with Gasteiger partial charge in [-0.3, -0.25) is 23.4 Å². The lowest BCUT2D eigenvalue weighted by atomic mass is 10.0. The van der Waals surface area contributed by atoms with E-state index in [0.29, 0.717) is 12.8 Å². The number of esters is 2. The van der Waals surface area contributed by atoms with E-state index in [1.807, 2.05) is 24.3 Å². The molecule has 0 aliphatic heterocycles. The second-order valence-corrected chi connectivity index (χ2v) is 15.3. The number of rotatable bonds is 38. The lowest BCUT2D eigenvalue weighted by Crippen LogP contribution is -2.34. The summed E-state index contributed by atoms with van der Waals surface area (Å²) in [6, 6.07) is -1.52. The molecule has 0 radical (unpaired) electrons. The van der Waals surface area contributed by atoms with Crippen LogP contribution in [0.3, 0.4) is 0 Å². The summed E-state index contributed by atoms with van der Waals surface area (Å²) in [6.07, 6.45) is 37.8. The summed E-state index contributed by atoms with van der Waals surface area (Å²) in [7, 11) is -4.72. The SMILES string of the molecule is CC/C=C/C=C/C=C/CCCCCCCC(=O)OC(COC(=O)CCCCCCCCCCCCCCCCCC)COP(=O)(O)OC[C@H](N)C(=O)O. The first-order valence-corrected chi connectivity index (χ1v) is 22.0. The van der Waals surface area contributed by atoms with Crippen LogP contribution < -0.4 is 5.73 Å². The molecule has 0 aliphatic rings. The molecule has 0 saturated carbocycles. The Labute approximate surface area is 321 Å². The zero-order valence-electron chi connectivity index (χ0n) is 33.1. The number of carboxylic acid groups (broad SMARTS) is 1. The molecule has 0 saturated heterocycles. The zero-order chi connectivity index (χ0) is 39.3. The van der Waals surface area contributed by atoms with Crippen LogP contribution in [0.2, 0.25) is 0 Å². The molecule has 0 amide bonds. The van der Waals surface area contributed by atoms with E-state index in [4.69, 9.17) is 24.8 Å². The quantitative estimate of drug-likeness (QED) is 0.0236. The van der Waals surface area contributed by atoms with Gasteiger partial charge in [0.2, 0.25) is 0 Å². The number of hydrogen-bond donors (Lipinski definition) is 3. The van der Waals surface area contributed by atoms with E-state index in [2.05, 4.69) is 30.5 Å². The van der Waals surface area contributed by atoms with Gasteiger partial charge in [0.15, 0.2) is 6.10 Å². The molecule has 0 heterocycles. The fraction of sp³-hybridized carbons (Fsp3) is 0.780.